The fourth-order valence-corrected chi connectivity index (χ4v) is 5.19. The Labute approximate surface area is 126 Å². The highest BCUT2D eigenvalue weighted by Crippen LogP contribution is 2.27. The third-order valence-corrected chi connectivity index (χ3v) is 6.09. The van der Waals surface area contributed by atoms with Crippen LogP contribution < -0.4 is 0 Å². The van der Waals surface area contributed by atoms with E-state index in [1.165, 1.54) is 29.3 Å². The lowest BCUT2D eigenvalue weighted by molar-refractivity contribution is 1.30. The third kappa shape index (κ3) is 3.35. The first-order chi connectivity index (χ1) is 9.19. The zero-order valence-electron chi connectivity index (χ0n) is 11.1. The van der Waals surface area contributed by atoms with Crippen LogP contribution in [-0.2, 0) is 12.8 Å². The van der Waals surface area contributed by atoms with E-state index in [4.69, 9.17) is 0 Å². The van der Waals surface area contributed by atoms with Crippen molar-refractivity contribution in [2.24, 2.45) is 0 Å². The van der Waals surface area contributed by atoms with Gasteiger partial charge >= 0.3 is 0 Å². The van der Waals surface area contributed by atoms with Crippen molar-refractivity contribution in [3.8, 4) is 0 Å². The minimum atomic E-state index is 1.09. The van der Waals surface area contributed by atoms with Gasteiger partial charge < -0.3 is 0 Å². The second-order valence-electron chi connectivity index (χ2n) is 4.75. The predicted molar refractivity (Wildman–Crippen MR) is 88.0 cm³/mol. The Morgan fingerprint density at radius 1 is 0.579 bits per heavy atom. The molecule has 0 bridgehead atoms. The Bertz CT molecular complexity index is 613. The Balaban J connectivity index is 1.69. The van der Waals surface area contributed by atoms with E-state index >= 15 is 0 Å². The molecule has 3 rings (SSSR count). The quantitative estimate of drug-likeness (QED) is 0.582. The molecule has 3 heteroatoms. The highest BCUT2D eigenvalue weighted by atomic mass is 32.1. The molecule has 19 heavy (non-hydrogen) atoms. The van der Waals surface area contributed by atoms with Gasteiger partial charge in [0.15, 0.2) is 0 Å². The van der Waals surface area contributed by atoms with Gasteiger partial charge in [-0.1, -0.05) is 0 Å². The molecule has 0 fully saturated rings. The standard InChI is InChI=1S/C16H16S3/c1-11-3-5-13(17-11)9-15-7-8-16(19-15)10-14-6-4-12(2)18-14/h3-8H,9-10H2,1-2H3. The molecule has 0 saturated heterocycles. The SMILES string of the molecule is Cc1ccc(Cc2ccc(Cc3ccc(C)s3)s2)s1. The number of aryl methyl sites for hydroxylation is 2. The summed E-state index contributed by atoms with van der Waals surface area (Å²) < 4.78 is 0. The zero-order chi connectivity index (χ0) is 13.2. The lowest BCUT2D eigenvalue weighted by Gasteiger charge is -1.94. The van der Waals surface area contributed by atoms with Gasteiger partial charge in [0.1, 0.15) is 0 Å². The first kappa shape index (κ1) is 13.1. The zero-order valence-corrected chi connectivity index (χ0v) is 13.6. The van der Waals surface area contributed by atoms with Crippen molar-refractivity contribution in [2.75, 3.05) is 0 Å². The number of hydrogen-bond donors (Lipinski definition) is 0. The third-order valence-electron chi connectivity index (χ3n) is 3.01. The van der Waals surface area contributed by atoms with Crippen LogP contribution in [0.25, 0.3) is 0 Å². The fourth-order valence-electron chi connectivity index (χ4n) is 2.12. The molecule has 0 N–H and O–H groups in total. The van der Waals surface area contributed by atoms with E-state index < -0.39 is 0 Å². The molecular weight excluding hydrogens is 288 g/mol. The van der Waals surface area contributed by atoms with Crippen LogP contribution >= 0.6 is 34.0 Å². The largest absolute Gasteiger partial charge is 0.145 e. The summed E-state index contributed by atoms with van der Waals surface area (Å²) in [4.78, 5) is 8.70. The molecule has 0 aliphatic carbocycles. The fraction of sp³-hybridized carbons (Fsp3) is 0.250. The smallest absolute Gasteiger partial charge is 0.0163 e. The summed E-state index contributed by atoms with van der Waals surface area (Å²) >= 11 is 5.77. The van der Waals surface area contributed by atoms with Gasteiger partial charge in [-0.3, -0.25) is 0 Å². The number of thiophene rings is 3. The van der Waals surface area contributed by atoms with E-state index in [0.29, 0.717) is 0 Å². The molecule has 0 radical (unpaired) electrons. The lowest BCUT2D eigenvalue weighted by Crippen LogP contribution is -1.78. The molecule has 0 aliphatic heterocycles. The maximum absolute atomic E-state index is 2.29. The first-order valence-corrected chi connectivity index (χ1v) is 8.82. The lowest BCUT2D eigenvalue weighted by atomic mass is 10.2. The van der Waals surface area contributed by atoms with Gasteiger partial charge in [-0.15, -0.1) is 34.0 Å². The monoisotopic (exact) mass is 304 g/mol. The van der Waals surface area contributed by atoms with Gasteiger partial charge in [-0.2, -0.15) is 0 Å². The molecule has 98 valence electrons. The van der Waals surface area contributed by atoms with E-state index in [1.54, 1.807) is 0 Å². The molecule has 0 aromatic carbocycles. The summed E-state index contributed by atoms with van der Waals surface area (Å²) in [6.07, 6.45) is 2.18. The van der Waals surface area contributed by atoms with Crippen molar-refractivity contribution in [1.82, 2.24) is 0 Å². The maximum Gasteiger partial charge on any atom is 0.0163 e. The first-order valence-electron chi connectivity index (χ1n) is 6.37. The van der Waals surface area contributed by atoms with Crippen molar-refractivity contribution in [1.29, 1.82) is 0 Å². The van der Waals surface area contributed by atoms with Crippen LogP contribution in [0, 0.1) is 13.8 Å². The second kappa shape index (κ2) is 5.61. The molecule has 0 saturated carbocycles. The molecular formula is C16H16S3. The average Bonchev–Trinajstić information content (AvgIpc) is 3.05. The Hall–Kier alpha value is -0.900. The van der Waals surface area contributed by atoms with Crippen molar-refractivity contribution in [3.05, 3.63) is 65.7 Å². The van der Waals surface area contributed by atoms with Crippen LogP contribution in [0.3, 0.4) is 0 Å². The maximum atomic E-state index is 2.29. The molecule has 0 unspecified atom stereocenters. The summed E-state index contributed by atoms with van der Waals surface area (Å²) in [5.41, 5.74) is 0. The highest BCUT2D eigenvalue weighted by Gasteiger charge is 2.05. The molecule has 0 atom stereocenters. The Kier molecular flexibility index (Phi) is 3.87. The number of rotatable bonds is 4. The van der Waals surface area contributed by atoms with Crippen molar-refractivity contribution < 1.29 is 0 Å². The van der Waals surface area contributed by atoms with Crippen LogP contribution in [0.2, 0.25) is 0 Å². The van der Waals surface area contributed by atoms with Crippen LogP contribution in [0.4, 0.5) is 0 Å². The summed E-state index contributed by atoms with van der Waals surface area (Å²) in [5.74, 6) is 0. The molecule has 3 aromatic heterocycles. The normalized spacial score (nSPS) is 11.1. The van der Waals surface area contributed by atoms with Crippen LogP contribution in [0.1, 0.15) is 29.3 Å². The molecule has 0 nitrogen and oxygen atoms in total. The van der Waals surface area contributed by atoms with Crippen LogP contribution in [0.15, 0.2) is 36.4 Å². The summed E-state index contributed by atoms with van der Waals surface area (Å²) in [6, 6.07) is 13.5. The van der Waals surface area contributed by atoms with Gasteiger partial charge in [0.2, 0.25) is 0 Å². The topological polar surface area (TPSA) is 0 Å². The second-order valence-corrected chi connectivity index (χ2v) is 8.74. The Morgan fingerprint density at radius 2 is 0.947 bits per heavy atom. The van der Waals surface area contributed by atoms with E-state index in [-0.39, 0.29) is 0 Å². The minimum absolute atomic E-state index is 1.09. The molecule has 0 amide bonds. The van der Waals surface area contributed by atoms with Gasteiger partial charge in [0.05, 0.1) is 0 Å². The average molecular weight is 305 g/mol. The van der Waals surface area contributed by atoms with Crippen LogP contribution in [-0.4, -0.2) is 0 Å². The predicted octanol–water partition coefficient (Wildman–Crippen LogP) is 5.67. The van der Waals surface area contributed by atoms with Crippen LogP contribution in [0.5, 0.6) is 0 Å². The Morgan fingerprint density at radius 3 is 1.32 bits per heavy atom. The minimum Gasteiger partial charge on any atom is -0.145 e. The van der Waals surface area contributed by atoms with Crippen molar-refractivity contribution in [2.45, 2.75) is 26.7 Å². The van der Waals surface area contributed by atoms with Gasteiger partial charge in [-0.05, 0) is 50.2 Å². The van der Waals surface area contributed by atoms with Crippen molar-refractivity contribution >= 4 is 34.0 Å². The summed E-state index contributed by atoms with van der Waals surface area (Å²) in [7, 11) is 0. The molecule has 0 spiro atoms. The van der Waals surface area contributed by atoms with E-state index in [9.17, 15) is 0 Å². The van der Waals surface area contributed by atoms with E-state index in [0.717, 1.165) is 12.8 Å². The molecule has 0 aliphatic rings. The van der Waals surface area contributed by atoms with Gasteiger partial charge in [0.25, 0.3) is 0 Å². The molecule has 3 heterocycles. The van der Waals surface area contributed by atoms with E-state index in [2.05, 4.69) is 50.2 Å². The van der Waals surface area contributed by atoms with Gasteiger partial charge in [0, 0.05) is 42.1 Å². The van der Waals surface area contributed by atoms with Gasteiger partial charge in [-0.25, -0.2) is 0 Å². The summed E-state index contributed by atoms with van der Waals surface area (Å²) in [6.45, 7) is 4.35. The highest BCUT2D eigenvalue weighted by molar-refractivity contribution is 7.14. The molecule has 3 aromatic rings. The number of hydrogen-bond acceptors (Lipinski definition) is 3. The summed E-state index contributed by atoms with van der Waals surface area (Å²) in [5, 5.41) is 0. The van der Waals surface area contributed by atoms with E-state index in [1.807, 2.05) is 34.0 Å². The van der Waals surface area contributed by atoms with Crippen molar-refractivity contribution in [3.63, 3.8) is 0 Å².